The number of furan rings is 1. The first-order chi connectivity index (χ1) is 7.72. The molecule has 0 bridgehead atoms. The zero-order valence-corrected chi connectivity index (χ0v) is 8.93. The molecular weight excluding hydrogens is 204 g/mol. The molecule has 0 aliphatic carbocycles. The molecular formula is C13H12O3. The SMILES string of the molecule is CCc1ccccc1-c1ccc(C(=O)O)o1. The number of rotatable bonds is 3. The molecule has 1 heterocycles. The standard InChI is InChI=1S/C13H12O3/c1-2-9-5-3-4-6-10(9)11-7-8-12(16-11)13(14)15/h3-8H,2H2,1H3,(H,14,15). The number of hydrogen-bond acceptors (Lipinski definition) is 2. The predicted molar refractivity (Wildman–Crippen MR) is 60.5 cm³/mol. The van der Waals surface area contributed by atoms with E-state index in [1.165, 1.54) is 6.07 Å². The zero-order valence-electron chi connectivity index (χ0n) is 8.93. The molecule has 1 aromatic heterocycles. The zero-order chi connectivity index (χ0) is 11.5. The average Bonchev–Trinajstić information content (AvgIpc) is 2.78. The second kappa shape index (κ2) is 4.23. The second-order valence-corrected chi connectivity index (χ2v) is 3.48. The van der Waals surface area contributed by atoms with Gasteiger partial charge in [0.15, 0.2) is 0 Å². The molecule has 0 spiro atoms. The van der Waals surface area contributed by atoms with Crippen molar-refractivity contribution in [2.24, 2.45) is 0 Å². The highest BCUT2D eigenvalue weighted by Crippen LogP contribution is 2.26. The molecule has 2 aromatic rings. The number of aryl methyl sites for hydroxylation is 1. The Hall–Kier alpha value is -2.03. The summed E-state index contributed by atoms with van der Waals surface area (Å²) in [4.78, 5) is 10.7. The highest BCUT2D eigenvalue weighted by Gasteiger charge is 2.11. The molecule has 0 amide bonds. The van der Waals surface area contributed by atoms with E-state index in [1.807, 2.05) is 24.3 Å². The highest BCUT2D eigenvalue weighted by molar-refractivity contribution is 5.85. The van der Waals surface area contributed by atoms with Gasteiger partial charge in [-0.05, 0) is 24.1 Å². The third-order valence-electron chi connectivity index (χ3n) is 2.48. The number of aromatic carboxylic acids is 1. The summed E-state index contributed by atoms with van der Waals surface area (Å²) < 4.78 is 5.27. The Labute approximate surface area is 93.3 Å². The van der Waals surface area contributed by atoms with Gasteiger partial charge in [-0.3, -0.25) is 0 Å². The number of carboxylic acid groups (broad SMARTS) is 1. The summed E-state index contributed by atoms with van der Waals surface area (Å²) in [6, 6.07) is 11.0. The Morgan fingerprint density at radius 1 is 1.25 bits per heavy atom. The monoisotopic (exact) mass is 216 g/mol. The summed E-state index contributed by atoms with van der Waals surface area (Å²) in [6.07, 6.45) is 0.888. The minimum absolute atomic E-state index is 0.0269. The Morgan fingerprint density at radius 3 is 2.62 bits per heavy atom. The van der Waals surface area contributed by atoms with E-state index in [-0.39, 0.29) is 5.76 Å². The van der Waals surface area contributed by atoms with Gasteiger partial charge in [0, 0.05) is 5.56 Å². The molecule has 0 unspecified atom stereocenters. The van der Waals surface area contributed by atoms with Crippen molar-refractivity contribution in [2.75, 3.05) is 0 Å². The van der Waals surface area contributed by atoms with Gasteiger partial charge in [0.05, 0.1) is 0 Å². The van der Waals surface area contributed by atoms with Gasteiger partial charge < -0.3 is 9.52 Å². The van der Waals surface area contributed by atoms with Crippen molar-refractivity contribution in [3.63, 3.8) is 0 Å². The molecule has 3 nitrogen and oxygen atoms in total. The van der Waals surface area contributed by atoms with E-state index in [1.54, 1.807) is 6.07 Å². The molecule has 1 N–H and O–H groups in total. The van der Waals surface area contributed by atoms with Crippen LogP contribution in [0.25, 0.3) is 11.3 Å². The molecule has 0 radical (unpaired) electrons. The van der Waals surface area contributed by atoms with Crippen molar-refractivity contribution in [3.05, 3.63) is 47.7 Å². The maximum atomic E-state index is 10.7. The Kier molecular flexibility index (Phi) is 2.77. The van der Waals surface area contributed by atoms with Crippen LogP contribution in [0.5, 0.6) is 0 Å². The largest absolute Gasteiger partial charge is 0.475 e. The van der Waals surface area contributed by atoms with Gasteiger partial charge in [0.1, 0.15) is 5.76 Å². The van der Waals surface area contributed by atoms with Crippen LogP contribution in [0.1, 0.15) is 23.0 Å². The Bertz CT molecular complexity index is 511. The van der Waals surface area contributed by atoms with E-state index < -0.39 is 5.97 Å². The molecule has 0 atom stereocenters. The van der Waals surface area contributed by atoms with Crippen molar-refractivity contribution in [3.8, 4) is 11.3 Å². The number of hydrogen-bond donors (Lipinski definition) is 1. The molecule has 2 rings (SSSR count). The number of benzene rings is 1. The van der Waals surface area contributed by atoms with Crippen LogP contribution < -0.4 is 0 Å². The topological polar surface area (TPSA) is 50.4 Å². The summed E-state index contributed by atoms with van der Waals surface area (Å²) in [7, 11) is 0. The van der Waals surface area contributed by atoms with Crippen molar-refractivity contribution in [2.45, 2.75) is 13.3 Å². The lowest BCUT2D eigenvalue weighted by Gasteiger charge is -2.03. The van der Waals surface area contributed by atoms with E-state index in [0.29, 0.717) is 5.76 Å². The van der Waals surface area contributed by atoms with Crippen LogP contribution in [0.15, 0.2) is 40.8 Å². The van der Waals surface area contributed by atoms with E-state index in [9.17, 15) is 4.79 Å². The summed E-state index contributed by atoms with van der Waals surface area (Å²) in [5.74, 6) is -0.462. The summed E-state index contributed by atoms with van der Waals surface area (Å²) in [6.45, 7) is 2.06. The molecule has 0 aliphatic rings. The van der Waals surface area contributed by atoms with E-state index in [0.717, 1.165) is 17.5 Å². The first-order valence-electron chi connectivity index (χ1n) is 5.13. The van der Waals surface area contributed by atoms with E-state index in [2.05, 4.69) is 6.92 Å². The molecule has 82 valence electrons. The van der Waals surface area contributed by atoms with Crippen LogP contribution in [0.2, 0.25) is 0 Å². The maximum absolute atomic E-state index is 10.7. The summed E-state index contributed by atoms with van der Waals surface area (Å²) >= 11 is 0. The molecule has 3 heteroatoms. The lowest BCUT2D eigenvalue weighted by molar-refractivity contribution is 0.0663. The quantitative estimate of drug-likeness (QED) is 0.857. The first-order valence-corrected chi connectivity index (χ1v) is 5.13. The van der Waals surface area contributed by atoms with Gasteiger partial charge in [-0.25, -0.2) is 4.79 Å². The van der Waals surface area contributed by atoms with Crippen molar-refractivity contribution in [1.82, 2.24) is 0 Å². The summed E-state index contributed by atoms with van der Waals surface area (Å²) in [5.41, 5.74) is 2.10. The second-order valence-electron chi connectivity index (χ2n) is 3.48. The van der Waals surface area contributed by atoms with Crippen LogP contribution in [0.4, 0.5) is 0 Å². The first kappa shape index (κ1) is 10.5. The van der Waals surface area contributed by atoms with Gasteiger partial charge in [-0.1, -0.05) is 31.2 Å². The fourth-order valence-corrected chi connectivity index (χ4v) is 1.67. The maximum Gasteiger partial charge on any atom is 0.371 e. The van der Waals surface area contributed by atoms with E-state index >= 15 is 0 Å². The van der Waals surface area contributed by atoms with Gasteiger partial charge in [0.2, 0.25) is 5.76 Å². The molecule has 0 saturated carbocycles. The van der Waals surface area contributed by atoms with Crippen LogP contribution >= 0.6 is 0 Å². The fourth-order valence-electron chi connectivity index (χ4n) is 1.67. The molecule has 16 heavy (non-hydrogen) atoms. The van der Waals surface area contributed by atoms with Crippen molar-refractivity contribution >= 4 is 5.97 Å². The normalized spacial score (nSPS) is 10.3. The van der Waals surface area contributed by atoms with Gasteiger partial charge >= 0.3 is 5.97 Å². The molecule has 1 aromatic carbocycles. The van der Waals surface area contributed by atoms with Gasteiger partial charge in [-0.2, -0.15) is 0 Å². The minimum atomic E-state index is -1.04. The van der Waals surface area contributed by atoms with Gasteiger partial charge in [0.25, 0.3) is 0 Å². The fraction of sp³-hybridized carbons (Fsp3) is 0.154. The van der Waals surface area contributed by atoms with Crippen LogP contribution in [0, 0.1) is 0 Å². The predicted octanol–water partition coefficient (Wildman–Crippen LogP) is 3.21. The van der Waals surface area contributed by atoms with Crippen molar-refractivity contribution < 1.29 is 14.3 Å². The Morgan fingerprint density at radius 2 is 2.00 bits per heavy atom. The van der Waals surface area contributed by atoms with Crippen LogP contribution in [-0.4, -0.2) is 11.1 Å². The number of carboxylic acids is 1. The molecule has 0 fully saturated rings. The van der Waals surface area contributed by atoms with E-state index in [4.69, 9.17) is 9.52 Å². The van der Waals surface area contributed by atoms with Crippen LogP contribution in [0.3, 0.4) is 0 Å². The lowest BCUT2D eigenvalue weighted by Crippen LogP contribution is -1.91. The van der Waals surface area contributed by atoms with Crippen LogP contribution in [-0.2, 0) is 6.42 Å². The Balaban J connectivity index is 2.46. The smallest absolute Gasteiger partial charge is 0.371 e. The number of carbonyl (C=O) groups is 1. The third-order valence-corrected chi connectivity index (χ3v) is 2.48. The molecule has 0 saturated heterocycles. The van der Waals surface area contributed by atoms with Crippen molar-refractivity contribution in [1.29, 1.82) is 0 Å². The molecule has 0 aliphatic heterocycles. The lowest BCUT2D eigenvalue weighted by atomic mass is 10.0. The summed E-state index contributed by atoms with van der Waals surface area (Å²) in [5, 5.41) is 8.78. The average molecular weight is 216 g/mol. The highest BCUT2D eigenvalue weighted by atomic mass is 16.4. The minimum Gasteiger partial charge on any atom is -0.475 e. The van der Waals surface area contributed by atoms with Gasteiger partial charge in [-0.15, -0.1) is 0 Å². The third kappa shape index (κ3) is 1.84.